The van der Waals surface area contributed by atoms with E-state index in [9.17, 15) is 4.79 Å². The molecular formula is C11H14N2O2S. The van der Waals surface area contributed by atoms with E-state index in [4.69, 9.17) is 4.74 Å². The van der Waals surface area contributed by atoms with Gasteiger partial charge in [-0.05, 0) is 6.07 Å². The van der Waals surface area contributed by atoms with Crippen molar-refractivity contribution in [3.05, 3.63) is 23.9 Å². The van der Waals surface area contributed by atoms with Crippen LogP contribution in [0.3, 0.4) is 0 Å². The van der Waals surface area contributed by atoms with E-state index in [-0.39, 0.29) is 5.91 Å². The Morgan fingerprint density at radius 3 is 2.75 bits per heavy atom. The summed E-state index contributed by atoms with van der Waals surface area (Å²) in [5.74, 6) is 2.64. The highest BCUT2D eigenvalue weighted by Gasteiger charge is 2.18. The number of amides is 1. The van der Waals surface area contributed by atoms with Gasteiger partial charge in [0, 0.05) is 36.9 Å². The molecule has 0 unspecified atom stereocenters. The zero-order valence-electron chi connectivity index (χ0n) is 9.18. The number of ether oxygens (including phenoxy) is 1. The van der Waals surface area contributed by atoms with Crippen molar-refractivity contribution in [2.24, 2.45) is 0 Å². The summed E-state index contributed by atoms with van der Waals surface area (Å²) in [6.45, 7) is 1.66. The molecule has 0 aromatic carbocycles. The second kappa shape index (κ2) is 5.21. The Morgan fingerprint density at radius 1 is 1.44 bits per heavy atom. The van der Waals surface area contributed by atoms with Crippen molar-refractivity contribution in [2.45, 2.75) is 0 Å². The number of hydrogen-bond donors (Lipinski definition) is 0. The van der Waals surface area contributed by atoms with Crippen LogP contribution in [0, 0.1) is 0 Å². The van der Waals surface area contributed by atoms with Crippen LogP contribution in [0.4, 0.5) is 0 Å². The molecule has 0 spiro atoms. The molecule has 2 rings (SSSR count). The van der Waals surface area contributed by atoms with Crippen LogP contribution < -0.4 is 4.74 Å². The molecule has 0 aliphatic carbocycles. The first-order valence-corrected chi connectivity index (χ1v) is 6.34. The molecule has 1 aliphatic rings. The largest absolute Gasteiger partial charge is 0.481 e. The second-order valence-corrected chi connectivity index (χ2v) is 4.72. The molecular weight excluding hydrogens is 224 g/mol. The number of hydrogen-bond acceptors (Lipinski definition) is 4. The van der Waals surface area contributed by atoms with Gasteiger partial charge >= 0.3 is 0 Å². The average Bonchev–Trinajstić information content (AvgIpc) is 2.39. The van der Waals surface area contributed by atoms with Crippen molar-refractivity contribution in [1.29, 1.82) is 0 Å². The minimum absolute atomic E-state index is 0.0652. The first-order valence-electron chi connectivity index (χ1n) is 5.18. The Bertz CT molecular complexity index is 361. The normalized spacial score (nSPS) is 15.9. The zero-order chi connectivity index (χ0) is 11.4. The van der Waals surface area contributed by atoms with Crippen LogP contribution in [-0.4, -0.2) is 47.5 Å². The predicted octanol–water partition coefficient (Wildman–Crippen LogP) is 1.28. The third-order valence-corrected chi connectivity index (χ3v) is 3.43. The summed E-state index contributed by atoms with van der Waals surface area (Å²) in [5.41, 5.74) is 0.632. The molecule has 0 atom stereocenters. The summed E-state index contributed by atoms with van der Waals surface area (Å²) in [4.78, 5) is 17.9. The number of thioether (sulfide) groups is 1. The van der Waals surface area contributed by atoms with E-state index in [1.165, 1.54) is 0 Å². The maximum atomic E-state index is 12.0. The van der Waals surface area contributed by atoms with Crippen LogP contribution >= 0.6 is 11.8 Å². The Hall–Kier alpha value is -1.23. The summed E-state index contributed by atoms with van der Waals surface area (Å²) < 4.78 is 4.96. The van der Waals surface area contributed by atoms with Crippen LogP contribution in [0.25, 0.3) is 0 Å². The third-order valence-electron chi connectivity index (χ3n) is 2.49. The fraction of sp³-hybridized carbons (Fsp3) is 0.455. The maximum absolute atomic E-state index is 12.0. The van der Waals surface area contributed by atoms with Gasteiger partial charge in [-0.1, -0.05) is 0 Å². The number of methoxy groups -OCH3 is 1. The summed E-state index contributed by atoms with van der Waals surface area (Å²) in [6.07, 6.45) is 1.57. The minimum atomic E-state index is 0.0652. The van der Waals surface area contributed by atoms with Gasteiger partial charge in [-0.15, -0.1) is 0 Å². The molecule has 1 aliphatic heterocycles. The monoisotopic (exact) mass is 238 g/mol. The van der Waals surface area contributed by atoms with E-state index >= 15 is 0 Å². The van der Waals surface area contributed by atoms with Crippen molar-refractivity contribution in [2.75, 3.05) is 31.7 Å². The molecule has 1 saturated heterocycles. The van der Waals surface area contributed by atoms with E-state index in [2.05, 4.69) is 4.98 Å². The lowest BCUT2D eigenvalue weighted by atomic mass is 10.2. The summed E-state index contributed by atoms with van der Waals surface area (Å²) >= 11 is 1.89. The molecule has 1 aromatic rings. The number of aromatic nitrogens is 1. The van der Waals surface area contributed by atoms with E-state index in [1.54, 1.807) is 25.4 Å². The molecule has 0 radical (unpaired) electrons. The van der Waals surface area contributed by atoms with Crippen LogP contribution in [0.5, 0.6) is 5.88 Å². The third kappa shape index (κ3) is 2.47. The quantitative estimate of drug-likeness (QED) is 0.778. The van der Waals surface area contributed by atoms with Gasteiger partial charge in [0.05, 0.1) is 12.7 Å². The van der Waals surface area contributed by atoms with Gasteiger partial charge in [0.15, 0.2) is 0 Å². The van der Waals surface area contributed by atoms with Crippen LogP contribution in [0.2, 0.25) is 0 Å². The molecule has 86 valence electrons. The first-order chi connectivity index (χ1) is 7.81. The van der Waals surface area contributed by atoms with E-state index < -0.39 is 0 Å². The van der Waals surface area contributed by atoms with Crippen molar-refractivity contribution in [3.8, 4) is 5.88 Å². The smallest absolute Gasteiger partial charge is 0.255 e. The fourth-order valence-corrected chi connectivity index (χ4v) is 2.48. The van der Waals surface area contributed by atoms with Crippen LogP contribution in [-0.2, 0) is 0 Å². The number of nitrogens with zero attached hydrogens (tertiary/aromatic N) is 2. The maximum Gasteiger partial charge on any atom is 0.255 e. The van der Waals surface area contributed by atoms with Crippen molar-refractivity contribution < 1.29 is 9.53 Å². The first kappa shape index (κ1) is 11.3. The Morgan fingerprint density at radius 2 is 2.19 bits per heavy atom. The average molecular weight is 238 g/mol. The lowest BCUT2D eigenvalue weighted by Gasteiger charge is -2.26. The SMILES string of the molecule is COc1ccc(C(=O)N2CCSCC2)cn1. The lowest BCUT2D eigenvalue weighted by molar-refractivity contribution is 0.0772. The van der Waals surface area contributed by atoms with E-state index in [0.29, 0.717) is 11.4 Å². The fourth-order valence-electron chi connectivity index (χ4n) is 1.58. The van der Waals surface area contributed by atoms with Gasteiger partial charge < -0.3 is 9.64 Å². The second-order valence-electron chi connectivity index (χ2n) is 3.49. The van der Waals surface area contributed by atoms with Crippen molar-refractivity contribution in [3.63, 3.8) is 0 Å². The van der Waals surface area contributed by atoms with Gasteiger partial charge in [0.1, 0.15) is 0 Å². The van der Waals surface area contributed by atoms with Gasteiger partial charge in [-0.2, -0.15) is 11.8 Å². The highest BCUT2D eigenvalue weighted by molar-refractivity contribution is 7.99. The standard InChI is InChI=1S/C11H14N2O2S/c1-15-10-3-2-9(8-12-10)11(14)13-4-6-16-7-5-13/h2-3,8H,4-7H2,1H3. The van der Waals surface area contributed by atoms with Crippen molar-refractivity contribution >= 4 is 17.7 Å². The van der Waals surface area contributed by atoms with Crippen LogP contribution in [0.15, 0.2) is 18.3 Å². The van der Waals surface area contributed by atoms with Crippen LogP contribution in [0.1, 0.15) is 10.4 Å². The van der Waals surface area contributed by atoms with E-state index in [1.807, 2.05) is 16.7 Å². The molecule has 16 heavy (non-hydrogen) atoms. The minimum Gasteiger partial charge on any atom is -0.481 e. The highest BCUT2D eigenvalue weighted by atomic mass is 32.2. The molecule has 2 heterocycles. The summed E-state index contributed by atoms with van der Waals surface area (Å²) in [5, 5.41) is 0. The Balaban J connectivity index is 2.07. The number of carbonyl (C=O) groups is 1. The van der Waals surface area contributed by atoms with Gasteiger partial charge in [0.2, 0.25) is 5.88 Å². The number of carbonyl (C=O) groups excluding carboxylic acids is 1. The molecule has 0 bridgehead atoms. The topological polar surface area (TPSA) is 42.4 Å². The number of pyridine rings is 1. The van der Waals surface area contributed by atoms with Gasteiger partial charge in [0.25, 0.3) is 5.91 Å². The highest BCUT2D eigenvalue weighted by Crippen LogP contribution is 2.14. The lowest BCUT2D eigenvalue weighted by Crippen LogP contribution is -2.37. The molecule has 4 nitrogen and oxygen atoms in total. The summed E-state index contributed by atoms with van der Waals surface area (Å²) in [7, 11) is 1.56. The molecule has 5 heteroatoms. The van der Waals surface area contributed by atoms with Crippen molar-refractivity contribution in [1.82, 2.24) is 9.88 Å². The molecule has 0 saturated carbocycles. The zero-order valence-corrected chi connectivity index (χ0v) is 10.00. The van der Waals surface area contributed by atoms with E-state index in [0.717, 1.165) is 24.6 Å². The Kier molecular flexibility index (Phi) is 3.66. The molecule has 0 N–H and O–H groups in total. The Labute approximate surface area is 99.0 Å². The summed E-state index contributed by atoms with van der Waals surface area (Å²) in [6, 6.07) is 3.47. The molecule has 1 fully saturated rings. The van der Waals surface area contributed by atoms with Gasteiger partial charge in [-0.3, -0.25) is 4.79 Å². The number of rotatable bonds is 2. The molecule has 1 amide bonds. The predicted molar refractivity (Wildman–Crippen MR) is 64.0 cm³/mol. The van der Waals surface area contributed by atoms with Gasteiger partial charge in [-0.25, -0.2) is 4.98 Å². The molecule has 1 aromatic heterocycles.